The van der Waals surface area contributed by atoms with Gasteiger partial charge in [-0.2, -0.15) is 0 Å². The van der Waals surface area contributed by atoms with Crippen LogP contribution in [0.2, 0.25) is 0 Å². The van der Waals surface area contributed by atoms with Crippen molar-refractivity contribution in [2.45, 2.75) is 33.2 Å². The first kappa shape index (κ1) is 15.1. The lowest BCUT2D eigenvalue weighted by Gasteiger charge is -2.20. The summed E-state index contributed by atoms with van der Waals surface area (Å²) in [5.74, 6) is -0.114. The van der Waals surface area contributed by atoms with E-state index in [1.807, 2.05) is 13.0 Å². The molecule has 2 heterocycles. The molecule has 2 rings (SSSR count). The lowest BCUT2D eigenvalue weighted by atomic mass is 10.1. The number of hydrogen-bond donors (Lipinski definition) is 1. The molecule has 1 aromatic rings. The summed E-state index contributed by atoms with van der Waals surface area (Å²) in [6.45, 7) is 6.49. The summed E-state index contributed by atoms with van der Waals surface area (Å²) in [6, 6.07) is 4.30. The highest BCUT2D eigenvalue weighted by Crippen LogP contribution is 2.16. The Hall–Kier alpha value is -2.31. The molecule has 1 atom stereocenters. The van der Waals surface area contributed by atoms with Gasteiger partial charge in [-0.05, 0) is 31.4 Å². The lowest BCUT2D eigenvalue weighted by molar-refractivity contribution is -0.129. The van der Waals surface area contributed by atoms with Gasteiger partial charge in [-0.1, -0.05) is 30.3 Å². The van der Waals surface area contributed by atoms with Crippen molar-refractivity contribution < 1.29 is 9.59 Å². The minimum absolute atomic E-state index is 0.420. The van der Waals surface area contributed by atoms with Gasteiger partial charge >= 0.3 is 0 Å². The van der Waals surface area contributed by atoms with Crippen molar-refractivity contribution in [2.24, 2.45) is 16.3 Å². The van der Waals surface area contributed by atoms with Gasteiger partial charge in [0.15, 0.2) is 0 Å². The van der Waals surface area contributed by atoms with Crippen molar-refractivity contribution in [3.05, 3.63) is 23.9 Å². The van der Waals surface area contributed by atoms with E-state index < -0.39 is 17.9 Å². The summed E-state index contributed by atoms with van der Waals surface area (Å²) >= 11 is 0. The molecule has 1 aliphatic rings. The van der Waals surface area contributed by atoms with E-state index in [1.165, 1.54) is 5.01 Å². The Balaban J connectivity index is 2.04. The van der Waals surface area contributed by atoms with Gasteiger partial charge in [0.2, 0.25) is 6.04 Å². The highest BCUT2D eigenvalue weighted by molar-refractivity contribution is 6.10. The van der Waals surface area contributed by atoms with Gasteiger partial charge in [0.05, 0.1) is 0 Å². The van der Waals surface area contributed by atoms with Gasteiger partial charge in [0, 0.05) is 12.2 Å². The van der Waals surface area contributed by atoms with E-state index >= 15 is 0 Å². The van der Waals surface area contributed by atoms with Crippen molar-refractivity contribution in [3.8, 4) is 0 Å². The molecule has 1 aliphatic heterocycles. The second-order valence-corrected chi connectivity index (χ2v) is 5.43. The van der Waals surface area contributed by atoms with Crippen LogP contribution in [0.4, 0.5) is 5.82 Å². The number of amides is 2. The molecule has 1 unspecified atom stereocenters. The zero-order valence-electron chi connectivity index (χ0n) is 12.4. The monoisotopic (exact) mass is 289 g/mol. The standard InChI is InChI=1S/C14H19N5O2/c1-9(2)7-8-19-12(14(21)17-18-19)13(20)16-11-6-4-5-10(3)15-11/h4-6,9,12H,7-8H2,1-3H3,(H,15,16,20). The van der Waals surface area contributed by atoms with E-state index in [1.54, 1.807) is 12.1 Å². The predicted octanol–water partition coefficient (Wildman–Crippen LogP) is 1.95. The average Bonchev–Trinajstić information content (AvgIpc) is 2.77. The van der Waals surface area contributed by atoms with Gasteiger partial charge in [0.25, 0.3) is 11.8 Å². The molecule has 112 valence electrons. The molecule has 0 saturated carbocycles. The van der Waals surface area contributed by atoms with Gasteiger partial charge < -0.3 is 5.32 Å². The third-order valence-electron chi connectivity index (χ3n) is 3.11. The SMILES string of the molecule is Cc1cccc(NC(=O)C2C(=O)N=NN2CCC(C)C)n1. The molecule has 1 aromatic heterocycles. The summed E-state index contributed by atoms with van der Waals surface area (Å²) in [7, 11) is 0. The lowest BCUT2D eigenvalue weighted by Crippen LogP contribution is -2.43. The van der Waals surface area contributed by atoms with E-state index in [0.29, 0.717) is 18.3 Å². The second kappa shape index (κ2) is 6.43. The first-order valence-electron chi connectivity index (χ1n) is 6.94. The number of aromatic nitrogens is 1. The number of nitrogens with one attached hydrogen (secondary N) is 1. The van der Waals surface area contributed by atoms with Crippen LogP contribution in [0.15, 0.2) is 28.5 Å². The smallest absolute Gasteiger partial charge is 0.300 e. The summed E-state index contributed by atoms with van der Waals surface area (Å²) in [6.07, 6.45) is 0.832. The zero-order valence-corrected chi connectivity index (χ0v) is 12.4. The van der Waals surface area contributed by atoms with Gasteiger partial charge in [0.1, 0.15) is 5.82 Å². The van der Waals surface area contributed by atoms with Crippen LogP contribution in [0.5, 0.6) is 0 Å². The van der Waals surface area contributed by atoms with Gasteiger partial charge in [-0.25, -0.2) is 4.98 Å². The number of aryl methyl sites for hydroxylation is 1. The molecule has 0 bridgehead atoms. The Morgan fingerprint density at radius 2 is 2.19 bits per heavy atom. The Labute approximate surface area is 123 Å². The third kappa shape index (κ3) is 3.84. The van der Waals surface area contributed by atoms with Crippen LogP contribution in [0.25, 0.3) is 0 Å². The zero-order chi connectivity index (χ0) is 15.4. The molecule has 7 heteroatoms. The van der Waals surface area contributed by atoms with Crippen molar-refractivity contribution in [2.75, 3.05) is 11.9 Å². The highest BCUT2D eigenvalue weighted by atomic mass is 16.2. The molecule has 0 fully saturated rings. The number of anilines is 1. The molecule has 21 heavy (non-hydrogen) atoms. The Kier molecular flexibility index (Phi) is 4.62. The Morgan fingerprint density at radius 1 is 1.43 bits per heavy atom. The second-order valence-electron chi connectivity index (χ2n) is 5.43. The fourth-order valence-electron chi connectivity index (χ4n) is 1.95. The van der Waals surface area contributed by atoms with Crippen LogP contribution in [-0.2, 0) is 9.59 Å². The highest BCUT2D eigenvalue weighted by Gasteiger charge is 2.37. The normalized spacial score (nSPS) is 17.6. The van der Waals surface area contributed by atoms with Crippen LogP contribution in [0.1, 0.15) is 26.0 Å². The van der Waals surface area contributed by atoms with E-state index in [9.17, 15) is 9.59 Å². The van der Waals surface area contributed by atoms with Crippen LogP contribution < -0.4 is 5.32 Å². The molecule has 0 spiro atoms. The van der Waals surface area contributed by atoms with E-state index in [2.05, 4.69) is 34.5 Å². The van der Waals surface area contributed by atoms with Crippen molar-refractivity contribution in [1.29, 1.82) is 0 Å². The maximum Gasteiger partial charge on any atom is 0.300 e. The maximum absolute atomic E-state index is 12.3. The Morgan fingerprint density at radius 3 is 2.86 bits per heavy atom. The summed E-state index contributed by atoms with van der Waals surface area (Å²) in [5, 5.41) is 11.3. The summed E-state index contributed by atoms with van der Waals surface area (Å²) < 4.78 is 0. The molecule has 0 aliphatic carbocycles. The van der Waals surface area contributed by atoms with E-state index in [-0.39, 0.29) is 0 Å². The number of hydrogen-bond acceptors (Lipinski definition) is 5. The topological polar surface area (TPSA) is 87.0 Å². The van der Waals surface area contributed by atoms with Crippen molar-refractivity contribution in [1.82, 2.24) is 9.99 Å². The fraction of sp³-hybridized carbons (Fsp3) is 0.500. The quantitative estimate of drug-likeness (QED) is 0.839. The van der Waals surface area contributed by atoms with Crippen LogP contribution >= 0.6 is 0 Å². The molecule has 0 aromatic carbocycles. The van der Waals surface area contributed by atoms with E-state index in [0.717, 1.165) is 12.1 Å². The summed E-state index contributed by atoms with van der Waals surface area (Å²) in [5.41, 5.74) is 0.789. The first-order chi connectivity index (χ1) is 9.97. The molecule has 7 nitrogen and oxygen atoms in total. The third-order valence-corrected chi connectivity index (χ3v) is 3.11. The maximum atomic E-state index is 12.3. The van der Waals surface area contributed by atoms with Crippen LogP contribution in [0.3, 0.4) is 0 Å². The molecule has 1 N–H and O–H groups in total. The molecule has 0 saturated heterocycles. The van der Waals surface area contributed by atoms with Gasteiger partial charge in [-0.3, -0.25) is 14.6 Å². The molecule has 2 amide bonds. The predicted molar refractivity (Wildman–Crippen MR) is 77.4 cm³/mol. The Bertz CT molecular complexity index is 570. The largest absolute Gasteiger partial charge is 0.308 e. The van der Waals surface area contributed by atoms with Crippen molar-refractivity contribution >= 4 is 17.6 Å². The molecule has 0 radical (unpaired) electrons. The first-order valence-corrected chi connectivity index (χ1v) is 6.94. The van der Waals surface area contributed by atoms with Crippen LogP contribution in [0, 0.1) is 12.8 Å². The molecular formula is C14H19N5O2. The fourth-order valence-corrected chi connectivity index (χ4v) is 1.95. The minimum Gasteiger partial charge on any atom is -0.308 e. The number of carbonyl (C=O) groups is 2. The minimum atomic E-state index is -0.994. The average molecular weight is 289 g/mol. The number of nitrogens with zero attached hydrogens (tertiary/aromatic N) is 4. The number of pyridine rings is 1. The van der Waals surface area contributed by atoms with Crippen molar-refractivity contribution in [3.63, 3.8) is 0 Å². The number of rotatable bonds is 5. The van der Waals surface area contributed by atoms with Gasteiger partial charge in [-0.15, -0.1) is 0 Å². The van der Waals surface area contributed by atoms with Crippen LogP contribution in [-0.4, -0.2) is 34.4 Å². The van der Waals surface area contributed by atoms with E-state index in [4.69, 9.17) is 0 Å². The molecular weight excluding hydrogens is 270 g/mol. The summed E-state index contributed by atoms with van der Waals surface area (Å²) in [4.78, 5) is 28.2. The number of carbonyl (C=O) groups excluding carboxylic acids is 2.